The van der Waals surface area contributed by atoms with Crippen LogP contribution < -0.4 is 5.32 Å². The van der Waals surface area contributed by atoms with Crippen LogP contribution in [0.5, 0.6) is 0 Å². The van der Waals surface area contributed by atoms with Crippen LogP contribution in [-0.2, 0) is 22.6 Å². The first-order valence-corrected chi connectivity index (χ1v) is 8.37. The number of benzene rings is 1. The average Bonchev–Trinajstić information content (AvgIpc) is 3.03. The van der Waals surface area contributed by atoms with Crippen LogP contribution in [0.2, 0.25) is 0 Å². The normalized spacial score (nSPS) is 17.7. The molecule has 24 heavy (non-hydrogen) atoms. The van der Waals surface area contributed by atoms with Gasteiger partial charge in [0.1, 0.15) is 0 Å². The van der Waals surface area contributed by atoms with Crippen LogP contribution >= 0.6 is 24.0 Å². The van der Waals surface area contributed by atoms with Crippen LogP contribution in [0.4, 0.5) is 0 Å². The van der Waals surface area contributed by atoms with Gasteiger partial charge in [0.2, 0.25) is 0 Å². The zero-order valence-corrected chi connectivity index (χ0v) is 17.3. The highest BCUT2D eigenvalue weighted by molar-refractivity contribution is 14.0. The Morgan fingerprint density at radius 2 is 2.08 bits per heavy atom. The van der Waals surface area contributed by atoms with E-state index < -0.39 is 0 Å². The van der Waals surface area contributed by atoms with Gasteiger partial charge in [0, 0.05) is 46.3 Å². The Morgan fingerprint density at radius 1 is 1.33 bits per heavy atom. The number of likely N-dealkylation sites (tertiary alicyclic amines) is 1. The van der Waals surface area contributed by atoms with Crippen molar-refractivity contribution in [3.63, 3.8) is 0 Å². The molecule has 0 aliphatic carbocycles. The maximum atomic E-state index is 5.55. The Kier molecular flexibility index (Phi) is 10.3. The SMILES string of the molecule is CCOCc1ccccc1CNC(=NC)N1CCC(COC)C1.I. The molecule has 1 heterocycles. The van der Waals surface area contributed by atoms with E-state index in [9.17, 15) is 0 Å². The third-order valence-electron chi connectivity index (χ3n) is 4.22. The molecule has 0 spiro atoms. The maximum Gasteiger partial charge on any atom is 0.193 e. The Hall–Kier alpha value is -0.860. The van der Waals surface area contributed by atoms with Crippen molar-refractivity contribution in [2.45, 2.75) is 26.5 Å². The van der Waals surface area contributed by atoms with E-state index in [0.717, 1.165) is 45.2 Å². The van der Waals surface area contributed by atoms with Crippen molar-refractivity contribution in [2.75, 3.05) is 40.5 Å². The molecule has 1 aliphatic heterocycles. The summed E-state index contributed by atoms with van der Waals surface area (Å²) in [5.41, 5.74) is 2.49. The van der Waals surface area contributed by atoms with Crippen LogP contribution in [0.25, 0.3) is 0 Å². The number of nitrogens with one attached hydrogen (secondary N) is 1. The van der Waals surface area contributed by atoms with Crippen molar-refractivity contribution in [2.24, 2.45) is 10.9 Å². The van der Waals surface area contributed by atoms with Gasteiger partial charge in [-0.3, -0.25) is 4.99 Å². The molecule has 0 amide bonds. The zero-order valence-electron chi connectivity index (χ0n) is 15.0. The average molecular weight is 447 g/mol. The first-order valence-electron chi connectivity index (χ1n) is 8.37. The van der Waals surface area contributed by atoms with Crippen molar-refractivity contribution in [1.29, 1.82) is 0 Å². The van der Waals surface area contributed by atoms with Crippen LogP contribution in [-0.4, -0.2) is 51.3 Å². The zero-order chi connectivity index (χ0) is 16.5. The standard InChI is InChI=1S/C18H29N3O2.HI/c1-4-23-14-17-8-6-5-7-16(17)11-20-18(19-2)21-10-9-15(12-21)13-22-3;/h5-8,15H,4,9-14H2,1-3H3,(H,19,20);1H. The molecule has 1 unspecified atom stereocenters. The first-order chi connectivity index (χ1) is 11.3. The molecule has 1 atom stereocenters. The van der Waals surface area contributed by atoms with Crippen molar-refractivity contribution in [3.8, 4) is 0 Å². The molecule has 1 N–H and O–H groups in total. The summed E-state index contributed by atoms with van der Waals surface area (Å²) in [6.45, 7) is 7.05. The second kappa shape index (κ2) is 11.7. The lowest BCUT2D eigenvalue weighted by atomic mass is 10.1. The summed E-state index contributed by atoms with van der Waals surface area (Å²) in [4.78, 5) is 6.75. The highest BCUT2D eigenvalue weighted by atomic mass is 127. The summed E-state index contributed by atoms with van der Waals surface area (Å²) in [5.74, 6) is 1.57. The Morgan fingerprint density at radius 3 is 2.75 bits per heavy atom. The third-order valence-corrected chi connectivity index (χ3v) is 4.22. The van der Waals surface area contributed by atoms with E-state index in [0.29, 0.717) is 12.5 Å². The van der Waals surface area contributed by atoms with Gasteiger partial charge in [-0.25, -0.2) is 0 Å². The largest absolute Gasteiger partial charge is 0.384 e. The summed E-state index contributed by atoms with van der Waals surface area (Å²) in [5, 5.41) is 3.49. The lowest BCUT2D eigenvalue weighted by molar-refractivity contribution is 0.133. The summed E-state index contributed by atoms with van der Waals surface area (Å²) < 4.78 is 10.8. The van der Waals surface area contributed by atoms with Crippen LogP contribution in [0.1, 0.15) is 24.5 Å². The molecule has 1 saturated heterocycles. The molecule has 1 aromatic carbocycles. The van der Waals surface area contributed by atoms with Crippen molar-refractivity contribution in [3.05, 3.63) is 35.4 Å². The molecule has 1 fully saturated rings. The minimum absolute atomic E-state index is 0. The molecule has 0 bridgehead atoms. The number of halogens is 1. The summed E-state index contributed by atoms with van der Waals surface area (Å²) >= 11 is 0. The van der Waals surface area contributed by atoms with E-state index in [1.807, 2.05) is 14.0 Å². The summed E-state index contributed by atoms with van der Waals surface area (Å²) in [6.07, 6.45) is 1.16. The number of rotatable bonds is 7. The fourth-order valence-corrected chi connectivity index (χ4v) is 2.99. The molecule has 136 valence electrons. The lowest BCUT2D eigenvalue weighted by Gasteiger charge is -2.22. The topological polar surface area (TPSA) is 46.1 Å². The van der Waals surface area contributed by atoms with Gasteiger partial charge in [-0.05, 0) is 24.5 Å². The smallest absolute Gasteiger partial charge is 0.193 e. The fraction of sp³-hybridized carbons (Fsp3) is 0.611. The molecular formula is C18H30IN3O2. The molecule has 0 saturated carbocycles. The quantitative estimate of drug-likeness (QED) is 0.397. The number of hydrogen-bond donors (Lipinski definition) is 1. The summed E-state index contributed by atoms with van der Waals surface area (Å²) in [6, 6.07) is 8.40. The van der Waals surface area contributed by atoms with Gasteiger partial charge in [0.05, 0.1) is 13.2 Å². The molecule has 1 aromatic rings. The number of guanidine groups is 1. The van der Waals surface area contributed by atoms with Crippen LogP contribution in [0, 0.1) is 5.92 Å². The maximum absolute atomic E-state index is 5.55. The van der Waals surface area contributed by atoms with Gasteiger partial charge in [-0.2, -0.15) is 0 Å². The van der Waals surface area contributed by atoms with E-state index in [4.69, 9.17) is 9.47 Å². The highest BCUT2D eigenvalue weighted by Gasteiger charge is 2.24. The van der Waals surface area contributed by atoms with Gasteiger partial charge in [-0.15, -0.1) is 24.0 Å². The number of methoxy groups -OCH3 is 1. The minimum atomic E-state index is 0. The molecular weight excluding hydrogens is 417 g/mol. The summed E-state index contributed by atoms with van der Waals surface area (Å²) in [7, 11) is 3.61. The van der Waals surface area contributed by atoms with Crippen molar-refractivity contribution in [1.82, 2.24) is 10.2 Å². The van der Waals surface area contributed by atoms with E-state index in [-0.39, 0.29) is 24.0 Å². The fourth-order valence-electron chi connectivity index (χ4n) is 2.99. The van der Waals surface area contributed by atoms with Gasteiger partial charge >= 0.3 is 0 Å². The Bertz CT molecular complexity index is 511. The van der Waals surface area contributed by atoms with Gasteiger partial charge in [0.15, 0.2) is 5.96 Å². The molecule has 6 heteroatoms. The second-order valence-electron chi connectivity index (χ2n) is 5.86. The third kappa shape index (κ3) is 6.22. The first kappa shape index (κ1) is 21.2. The van der Waals surface area contributed by atoms with Gasteiger partial charge in [0.25, 0.3) is 0 Å². The molecule has 2 rings (SSSR count). The molecule has 5 nitrogen and oxygen atoms in total. The molecule has 0 radical (unpaired) electrons. The monoisotopic (exact) mass is 447 g/mol. The predicted molar refractivity (Wildman–Crippen MR) is 109 cm³/mol. The van der Waals surface area contributed by atoms with Gasteiger partial charge < -0.3 is 19.7 Å². The van der Waals surface area contributed by atoms with Crippen molar-refractivity contribution < 1.29 is 9.47 Å². The highest BCUT2D eigenvalue weighted by Crippen LogP contribution is 2.17. The predicted octanol–water partition coefficient (Wildman–Crippen LogP) is 2.88. The van der Waals surface area contributed by atoms with Gasteiger partial charge in [-0.1, -0.05) is 24.3 Å². The number of ether oxygens (including phenoxy) is 2. The van der Waals surface area contributed by atoms with Crippen molar-refractivity contribution >= 4 is 29.9 Å². The Labute approximate surface area is 162 Å². The van der Waals surface area contributed by atoms with Crippen LogP contribution in [0.15, 0.2) is 29.3 Å². The second-order valence-corrected chi connectivity index (χ2v) is 5.86. The lowest BCUT2D eigenvalue weighted by Crippen LogP contribution is -2.40. The minimum Gasteiger partial charge on any atom is -0.384 e. The van der Waals surface area contributed by atoms with E-state index >= 15 is 0 Å². The Balaban J connectivity index is 0.00000288. The van der Waals surface area contributed by atoms with E-state index in [1.54, 1.807) is 7.11 Å². The molecule has 1 aliphatic rings. The van der Waals surface area contributed by atoms with E-state index in [2.05, 4.69) is 39.5 Å². The van der Waals surface area contributed by atoms with Crippen LogP contribution in [0.3, 0.4) is 0 Å². The number of aliphatic imine (C=N–C) groups is 1. The number of hydrogen-bond acceptors (Lipinski definition) is 3. The molecule has 0 aromatic heterocycles. The number of nitrogens with zero attached hydrogens (tertiary/aromatic N) is 2. The van der Waals surface area contributed by atoms with E-state index in [1.165, 1.54) is 11.1 Å².